The number of carbonyl (C=O) groups excluding carboxylic acids is 3. The van der Waals surface area contributed by atoms with Crippen LogP contribution < -0.4 is 16.4 Å². The van der Waals surface area contributed by atoms with E-state index in [9.17, 15) is 24.0 Å². The van der Waals surface area contributed by atoms with E-state index in [1.54, 1.807) is 6.92 Å². The molecule has 3 amide bonds. The Morgan fingerprint density at radius 1 is 1.29 bits per heavy atom. The van der Waals surface area contributed by atoms with E-state index in [-0.39, 0.29) is 6.54 Å². The minimum absolute atomic E-state index is 0.255. The van der Waals surface area contributed by atoms with E-state index in [2.05, 4.69) is 10.4 Å². The first-order valence-electron chi connectivity index (χ1n) is 6.35. The fourth-order valence-corrected chi connectivity index (χ4v) is 2.14. The summed E-state index contributed by atoms with van der Waals surface area (Å²) >= 11 is 0. The van der Waals surface area contributed by atoms with Crippen LogP contribution >= 0.6 is 0 Å². The van der Waals surface area contributed by atoms with E-state index in [1.165, 1.54) is 0 Å². The molecule has 1 unspecified atom stereocenters. The second-order valence-corrected chi connectivity index (χ2v) is 4.59. The van der Waals surface area contributed by atoms with Gasteiger partial charge in [0.15, 0.2) is 0 Å². The summed E-state index contributed by atoms with van der Waals surface area (Å²) in [6.45, 7) is 1.01. The highest BCUT2D eigenvalue weighted by Gasteiger charge is 2.35. The molecule has 0 bridgehead atoms. The molecule has 1 aromatic rings. The van der Waals surface area contributed by atoms with Gasteiger partial charge in [0.2, 0.25) is 17.7 Å². The number of aromatic nitrogens is 2. The summed E-state index contributed by atoms with van der Waals surface area (Å²) in [4.78, 5) is 59.1. The number of nitrogens with one attached hydrogen (secondary N) is 2. The minimum Gasteiger partial charge on any atom is -0.320 e. The van der Waals surface area contributed by atoms with E-state index < -0.39 is 41.4 Å². The van der Waals surface area contributed by atoms with E-state index in [4.69, 9.17) is 0 Å². The number of rotatable bonds is 3. The van der Waals surface area contributed by atoms with Crippen molar-refractivity contribution in [2.24, 2.45) is 0 Å². The largest absolute Gasteiger partial charge is 0.320 e. The zero-order chi connectivity index (χ0) is 15.6. The second kappa shape index (κ2) is 5.73. The van der Waals surface area contributed by atoms with Gasteiger partial charge < -0.3 is 4.90 Å². The number of H-pyrrole nitrogens is 1. The Hall–Kier alpha value is -2.71. The summed E-state index contributed by atoms with van der Waals surface area (Å²) in [5.74, 6) is -1.71. The molecule has 0 spiro atoms. The number of amides is 3. The highest BCUT2D eigenvalue weighted by atomic mass is 16.2. The van der Waals surface area contributed by atoms with Crippen LogP contribution in [0.4, 0.5) is 0 Å². The van der Waals surface area contributed by atoms with Crippen molar-refractivity contribution in [3.8, 4) is 0 Å². The van der Waals surface area contributed by atoms with Crippen LogP contribution in [-0.4, -0.2) is 45.0 Å². The lowest BCUT2D eigenvalue weighted by molar-refractivity contribution is -0.150. The zero-order valence-corrected chi connectivity index (χ0v) is 11.3. The van der Waals surface area contributed by atoms with Crippen molar-refractivity contribution in [1.82, 2.24) is 20.0 Å². The quantitative estimate of drug-likeness (QED) is 0.613. The first-order chi connectivity index (χ1) is 9.92. The summed E-state index contributed by atoms with van der Waals surface area (Å²) in [6.07, 6.45) is 0.338. The summed E-state index contributed by atoms with van der Waals surface area (Å²) in [6, 6.07) is 1.33. The first kappa shape index (κ1) is 14.7. The van der Waals surface area contributed by atoms with Crippen LogP contribution in [0.3, 0.4) is 0 Å². The highest BCUT2D eigenvalue weighted by molar-refractivity contribution is 6.04. The monoisotopic (exact) mass is 294 g/mol. The molecule has 112 valence electrons. The van der Waals surface area contributed by atoms with Gasteiger partial charge in [0.25, 0.3) is 11.1 Å². The lowest BCUT2D eigenvalue weighted by atomic mass is 10.1. The minimum atomic E-state index is -0.763. The number of hydrogen-bond acceptors (Lipinski definition) is 5. The molecule has 0 saturated carbocycles. The van der Waals surface area contributed by atoms with Crippen LogP contribution in [0.1, 0.15) is 13.3 Å². The van der Waals surface area contributed by atoms with Crippen LogP contribution in [-0.2, 0) is 20.9 Å². The molecule has 1 atom stereocenters. The van der Waals surface area contributed by atoms with Crippen molar-refractivity contribution in [3.05, 3.63) is 32.8 Å². The molecule has 0 aliphatic carbocycles. The Balaban J connectivity index is 2.24. The zero-order valence-electron chi connectivity index (χ0n) is 11.3. The molecule has 2 rings (SSSR count). The Bertz CT molecular complexity index is 704. The molecule has 2 heterocycles. The van der Waals surface area contributed by atoms with Gasteiger partial charge in [-0.3, -0.25) is 34.4 Å². The molecule has 1 aliphatic heterocycles. The third kappa shape index (κ3) is 3.07. The molecule has 9 heteroatoms. The Labute approximate surface area is 118 Å². The van der Waals surface area contributed by atoms with Gasteiger partial charge in [-0.05, 0) is 6.42 Å². The van der Waals surface area contributed by atoms with Crippen molar-refractivity contribution in [2.45, 2.75) is 25.9 Å². The smallest absolute Gasteiger partial charge is 0.265 e. The summed E-state index contributed by atoms with van der Waals surface area (Å²) in [5, 5.41) is 4.37. The number of carbonyl (C=O) groups is 3. The first-order valence-corrected chi connectivity index (χ1v) is 6.35. The van der Waals surface area contributed by atoms with Crippen molar-refractivity contribution >= 4 is 17.7 Å². The Morgan fingerprint density at radius 3 is 2.67 bits per heavy atom. The number of aromatic amines is 1. The molecule has 0 aromatic carbocycles. The fraction of sp³-hybridized carbons (Fsp3) is 0.417. The molecule has 1 aliphatic rings. The van der Waals surface area contributed by atoms with Gasteiger partial charge in [0.05, 0.1) is 0 Å². The van der Waals surface area contributed by atoms with Crippen LogP contribution in [0, 0.1) is 0 Å². The van der Waals surface area contributed by atoms with E-state index in [0.29, 0.717) is 6.42 Å². The van der Waals surface area contributed by atoms with Crippen molar-refractivity contribution in [2.75, 3.05) is 6.54 Å². The van der Waals surface area contributed by atoms with E-state index in [0.717, 1.165) is 21.7 Å². The van der Waals surface area contributed by atoms with Crippen molar-refractivity contribution in [1.29, 1.82) is 0 Å². The topological polar surface area (TPSA) is 121 Å². The maximum Gasteiger partial charge on any atom is 0.265 e. The van der Waals surface area contributed by atoms with Crippen LogP contribution in [0.5, 0.6) is 0 Å². The third-order valence-electron chi connectivity index (χ3n) is 3.14. The Morgan fingerprint density at radius 2 is 2.00 bits per heavy atom. The average molecular weight is 294 g/mol. The molecule has 9 nitrogen and oxygen atoms in total. The number of imide groups is 1. The summed E-state index contributed by atoms with van der Waals surface area (Å²) in [5.41, 5.74) is -1.08. The van der Waals surface area contributed by atoms with Gasteiger partial charge in [-0.1, -0.05) is 6.92 Å². The van der Waals surface area contributed by atoms with E-state index in [1.807, 2.05) is 0 Å². The maximum absolute atomic E-state index is 12.2. The Kier molecular flexibility index (Phi) is 4.01. The van der Waals surface area contributed by atoms with Crippen molar-refractivity contribution < 1.29 is 14.4 Å². The standard InChI is InChI=1S/C12H14N4O5/c1-2-7-12(21)13-9(18)5-15(7)11(20)6-16-10(19)4-3-8(17)14-16/h3-4,7H,2,5-6H2,1H3,(H,14,17)(H,13,18,21). The molecule has 1 saturated heterocycles. The van der Waals surface area contributed by atoms with Crippen LogP contribution in [0.15, 0.2) is 21.7 Å². The number of piperazine rings is 1. The summed E-state index contributed by atoms with van der Waals surface area (Å²) in [7, 11) is 0. The predicted molar refractivity (Wildman–Crippen MR) is 70.3 cm³/mol. The molecule has 1 fully saturated rings. The SMILES string of the molecule is CCC1C(=O)NC(=O)CN1C(=O)Cn1[nH]c(=O)ccc1=O. The number of hydrogen-bond donors (Lipinski definition) is 2. The maximum atomic E-state index is 12.2. The lowest BCUT2D eigenvalue weighted by Gasteiger charge is -2.33. The van der Waals surface area contributed by atoms with Gasteiger partial charge in [0, 0.05) is 12.1 Å². The fourth-order valence-electron chi connectivity index (χ4n) is 2.14. The highest BCUT2D eigenvalue weighted by Crippen LogP contribution is 2.09. The van der Waals surface area contributed by atoms with Crippen molar-refractivity contribution in [3.63, 3.8) is 0 Å². The van der Waals surface area contributed by atoms with Crippen LogP contribution in [0.2, 0.25) is 0 Å². The molecule has 1 aromatic heterocycles. The number of nitrogens with zero attached hydrogens (tertiary/aromatic N) is 2. The molecule has 21 heavy (non-hydrogen) atoms. The molecule has 0 radical (unpaired) electrons. The average Bonchev–Trinajstić information content (AvgIpc) is 2.42. The lowest BCUT2D eigenvalue weighted by Crippen LogP contribution is -2.60. The second-order valence-electron chi connectivity index (χ2n) is 4.59. The van der Waals surface area contributed by atoms with Gasteiger partial charge in [0.1, 0.15) is 19.1 Å². The summed E-state index contributed by atoms with van der Waals surface area (Å²) < 4.78 is 0.842. The predicted octanol–water partition coefficient (Wildman–Crippen LogP) is -2.20. The van der Waals surface area contributed by atoms with Crippen LogP contribution in [0.25, 0.3) is 0 Å². The molecular weight excluding hydrogens is 280 g/mol. The molecule has 2 N–H and O–H groups in total. The molecular formula is C12H14N4O5. The van der Waals surface area contributed by atoms with Gasteiger partial charge >= 0.3 is 0 Å². The van der Waals surface area contributed by atoms with Gasteiger partial charge in [-0.25, -0.2) is 4.68 Å². The van der Waals surface area contributed by atoms with E-state index >= 15 is 0 Å². The van der Waals surface area contributed by atoms with Gasteiger partial charge in [-0.15, -0.1) is 0 Å². The third-order valence-corrected chi connectivity index (χ3v) is 3.14. The van der Waals surface area contributed by atoms with Gasteiger partial charge in [-0.2, -0.15) is 0 Å². The normalized spacial score (nSPS) is 18.5.